The molecular weight excluding hydrogens is 313 g/mol. The van der Waals surface area contributed by atoms with Crippen LogP contribution in [0.5, 0.6) is 0 Å². The number of alkyl carbamates (subject to hydrolysis) is 1. The Hall–Kier alpha value is -2.11. The summed E-state index contributed by atoms with van der Waals surface area (Å²) in [5.41, 5.74) is -0.150. The van der Waals surface area contributed by atoms with Gasteiger partial charge in [-0.1, -0.05) is 12.1 Å². The minimum Gasteiger partial charge on any atom is -0.480 e. The average Bonchev–Trinajstić information content (AvgIpc) is 2.34. The number of rotatable bonds is 4. The van der Waals surface area contributed by atoms with Crippen LogP contribution < -0.4 is 5.32 Å². The van der Waals surface area contributed by atoms with Crippen molar-refractivity contribution in [3.05, 3.63) is 35.6 Å². The summed E-state index contributed by atoms with van der Waals surface area (Å²) in [5, 5.41) is 12.0. The summed E-state index contributed by atoms with van der Waals surface area (Å²) in [6.07, 6.45) is 1.32. The molecule has 3 fully saturated rings. The Bertz CT molecular complexity index is 657. The second kappa shape index (κ2) is 5.19. The molecule has 1 aromatic rings. The molecule has 130 valence electrons. The molecule has 6 heteroatoms. The van der Waals surface area contributed by atoms with Gasteiger partial charge in [0.1, 0.15) is 17.5 Å². The Labute approximate surface area is 140 Å². The molecule has 1 unspecified atom stereocenters. The van der Waals surface area contributed by atoms with E-state index in [1.807, 2.05) is 0 Å². The van der Waals surface area contributed by atoms with Gasteiger partial charge < -0.3 is 15.2 Å². The third-order valence-corrected chi connectivity index (χ3v) is 5.05. The van der Waals surface area contributed by atoms with Crippen LogP contribution >= 0.6 is 0 Å². The first-order valence-electron chi connectivity index (χ1n) is 8.04. The van der Waals surface area contributed by atoms with Crippen LogP contribution in [-0.4, -0.2) is 28.8 Å². The van der Waals surface area contributed by atoms with Crippen molar-refractivity contribution >= 4 is 12.1 Å². The minimum atomic E-state index is -1.05. The third-order valence-electron chi connectivity index (χ3n) is 5.05. The number of amides is 1. The average molecular weight is 335 g/mol. The molecule has 0 aromatic heterocycles. The van der Waals surface area contributed by atoms with Gasteiger partial charge in [-0.2, -0.15) is 0 Å². The molecule has 1 atom stereocenters. The first-order chi connectivity index (χ1) is 11.1. The van der Waals surface area contributed by atoms with Gasteiger partial charge in [0.05, 0.1) is 0 Å². The fraction of sp³-hybridized carbons (Fsp3) is 0.556. The SMILES string of the molecule is CC(C)(C)OC(=O)NC(C(=O)O)C12CC(c3ccc(F)cc3)(C1)C2. The number of carboxylic acid groups (broad SMARTS) is 1. The maximum absolute atomic E-state index is 13.1. The molecule has 2 N–H and O–H groups in total. The lowest BCUT2D eigenvalue weighted by atomic mass is 9.31. The van der Waals surface area contributed by atoms with E-state index in [2.05, 4.69) is 5.32 Å². The maximum atomic E-state index is 13.1. The number of hydrogen-bond donors (Lipinski definition) is 2. The molecule has 0 spiro atoms. The van der Waals surface area contributed by atoms with Gasteiger partial charge in [0.2, 0.25) is 0 Å². The number of nitrogens with one attached hydrogen (secondary N) is 1. The van der Waals surface area contributed by atoms with Gasteiger partial charge in [0.25, 0.3) is 0 Å². The third kappa shape index (κ3) is 2.74. The van der Waals surface area contributed by atoms with Crippen LogP contribution in [0.25, 0.3) is 0 Å². The number of carbonyl (C=O) groups excluding carboxylic acids is 1. The number of benzene rings is 1. The fourth-order valence-corrected chi connectivity index (χ4v) is 4.18. The minimum absolute atomic E-state index is 0.0724. The molecule has 2 bridgehead atoms. The van der Waals surface area contributed by atoms with E-state index >= 15 is 0 Å². The van der Waals surface area contributed by atoms with E-state index in [4.69, 9.17) is 4.74 Å². The molecule has 5 nitrogen and oxygen atoms in total. The Balaban J connectivity index is 1.67. The van der Waals surface area contributed by atoms with Crippen LogP contribution in [0.2, 0.25) is 0 Å². The molecule has 0 saturated heterocycles. The van der Waals surface area contributed by atoms with E-state index in [0.29, 0.717) is 19.3 Å². The normalized spacial score (nSPS) is 29.0. The Morgan fingerprint density at radius 2 is 1.75 bits per heavy atom. The number of carbonyl (C=O) groups is 2. The van der Waals surface area contributed by atoms with Crippen molar-refractivity contribution in [3.63, 3.8) is 0 Å². The van der Waals surface area contributed by atoms with Gasteiger partial charge in [-0.05, 0) is 63.1 Å². The maximum Gasteiger partial charge on any atom is 0.408 e. The first kappa shape index (κ1) is 16.7. The summed E-state index contributed by atoms with van der Waals surface area (Å²) < 4.78 is 18.2. The van der Waals surface area contributed by atoms with Gasteiger partial charge in [-0.15, -0.1) is 0 Å². The second-order valence-corrected chi connectivity index (χ2v) is 8.10. The summed E-state index contributed by atoms with van der Waals surface area (Å²) >= 11 is 0. The topological polar surface area (TPSA) is 75.6 Å². The zero-order chi connectivity index (χ0) is 17.8. The lowest BCUT2D eigenvalue weighted by Crippen LogP contribution is -2.73. The smallest absolute Gasteiger partial charge is 0.408 e. The van der Waals surface area contributed by atoms with E-state index in [0.717, 1.165) is 5.56 Å². The summed E-state index contributed by atoms with van der Waals surface area (Å²) in [4.78, 5) is 23.6. The van der Waals surface area contributed by atoms with E-state index in [1.165, 1.54) is 12.1 Å². The summed E-state index contributed by atoms with van der Waals surface area (Å²) in [5.74, 6) is -1.33. The molecular formula is C18H22FNO4. The molecule has 4 rings (SSSR count). The summed E-state index contributed by atoms with van der Waals surface area (Å²) in [6.45, 7) is 5.19. The van der Waals surface area contributed by atoms with Crippen molar-refractivity contribution in [2.24, 2.45) is 5.41 Å². The van der Waals surface area contributed by atoms with Crippen molar-refractivity contribution in [2.45, 2.75) is 57.1 Å². The monoisotopic (exact) mass is 335 g/mol. The Kier molecular flexibility index (Phi) is 3.62. The highest BCUT2D eigenvalue weighted by molar-refractivity contribution is 5.82. The zero-order valence-electron chi connectivity index (χ0n) is 14.1. The van der Waals surface area contributed by atoms with Crippen molar-refractivity contribution in [1.29, 1.82) is 0 Å². The highest BCUT2D eigenvalue weighted by Crippen LogP contribution is 2.74. The number of carboxylic acids is 1. The standard InChI is InChI=1S/C18H22FNO4/c1-16(2,3)24-15(23)20-13(14(21)22)18-8-17(9-18,10-18)11-4-6-12(19)7-5-11/h4-7,13H,8-10H2,1-3H3,(H,20,23)(H,21,22). The Morgan fingerprint density at radius 3 is 2.21 bits per heavy atom. The van der Waals surface area contributed by atoms with Crippen molar-refractivity contribution in [1.82, 2.24) is 5.32 Å². The van der Waals surface area contributed by atoms with Crippen molar-refractivity contribution < 1.29 is 23.8 Å². The molecule has 1 amide bonds. The quantitative estimate of drug-likeness (QED) is 0.886. The molecule has 24 heavy (non-hydrogen) atoms. The van der Waals surface area contributed by atoms with E-state index in [-0.39, 0.29) is 11.2 Å². The van der Waals surface area contributed by atoms with Gasteiger partial charge in [0, 0.05) is 5.41 Å². The summed E-state index contributed by atoms with van der Waals surface area (Å²) in [6, 6.07) is 5.41. The molecule has 3 aliphatic rings. The predicted octanol–water partition coefficient (Wildman–Crippen LogP) is 3.23. The number of hydrogen-bond acceptors (Lipinski definition) is 3. The Morgan fingerprint density at radius 1 is 1.21 bits per heavy atom. The lowest BCUT2D eigenvalue weighted by molar-refractivity contribution is -0.183. The number of halogens is 1. The highest BCUT2D eigenvalue weighted by atomic mass is 19.1. The predicted molar refractivity (Wildman–Crippen MR) is 85.2 cm³/mol. The van der Waals surface area contributed by atoms with Crippen LogP contribution in [0.15, 0.2) is 24.3 Å². The summed E-state index contributed by atoms with van der Waals surface area (Å²) in [7, 11) is 0. The molecule has 0 radical (unpaired) electrons. The second-order valence-electron chi connectivity index (χ2n) is 8.10. The number of aliphatic carboxylic acids is 1. The van der Waals surface area contributed by atoms with E-state index in [1.54, 1.807) is 32.9 Å². The number of ether oxygens (including phenoxy) is 1. The van der Waals surface area contributed by atoms with Gasteiger partial charge in [0.15, 0.2) is 0 Å². The van der Waals surface area contributed by atoms with Gasteiger partial charge >= 0.3 is 12.1 Å². The molecule has 0 heterocycles. The molecule has 1 aromatic carbocycles. The van der Waals surface area contributed by atoms with Gasteiger partial charge in [-0.3, -0.25) is 0 Å². The van der Waals surface area contributed by atoms with Crippen LogP contribution in [0.3, 0.4) is 0 Å². The van der Waals surface area contributed by atoms with Crippen LogP contribution in [0, 0.1) is 11.2 Å². The van der Waals surface area contributed by atoms with Crippen molar-refractivity contribution in [3.8, 4) is 0 Å². The fourth-order valence-electron chi connectivity index (χ4n) is 4.18. The highest BCUT2D eigenvalue weighted by Gasteiger charge is 2.72. The first-order valence-corrected chi connectivity index (χ1v) is 8.04. The molecule has 3 aliphatic carbocycles. The molecule has 0 aliphatic heterocycles. The van der Waals surface area contributed by atoms with Crippen LogP contribution in [0.4, 0.5) is 9.18 Å². The van der Waals surface area contributed by atoms with Crippen molar-refractivity contribution in [2.75, 3.05) is 0 Å². The van der Waals surface area contributed by atoms with Gasteiger partial charge in [-0.25, -0.2) is 14.0 Å². The van der Waals surface area contributed by atoms with E-state index in [9.17, 15) is 19.1 Å². The van der Waals surface area contributed by atoms with Crippen LogP contribution in [0.1, 0.15) is 45.6 Å². The molecule has 3 saturated carbocycles. The van der Waals surface area contributed by atoms with Crippen LogP contribution in [-0.2, 0) is 14.9 Å². The lowest BCUT2D eigenvalue weighted by Gasteiger charge is -2.72. The largest absolute Gasteiger partial charge is 0.480 e. The van der Waals surface area contributed by atoms with E-state index < -0.39 is 29.1 Å². The zero-order valence-corrected chi connectivity index (χ0v) is 14.1.